The summed E-state index contributed by atoms with van der Waals surface area (Å²) in [6.07, 6.45) is 7.80. The Bertz CT molecular complexity index is 309. The van der Waals surface area contributed by atoms with E-state index in [9.17, 15) is 0 Å². The van der Waals surface area contributed by atoms with Crippen LogP contribution in [-0.4, -0.2) is 29.3 Å². The van der Waals surface area contributed by atoms with Crippen LogP contribution < -0.4 is 5.32 Å². The zero-order chi connectivity index (χ0) is 12.3. The minimum Gasteiger partial charge on any atom is -0.380 e. The van der Waals surface area contributed by atoms with Crippen LogP contribution in [0.1, 0.15) is 25.6 Å². The number of ether oxygens (including phenoxy) is 1. The van der Waals surface area contributed by atoms with E-state index in [-0.39, 0.29) is 0 Å². The molecule has 4 heteroatoms. The Morgan fingerprint density at radius 1 is 1.53 bits per heavy atom. The van der Waals surface area contributed by atoms with Crippen LogP contribution in [0.15, 0.2) is 25.0 Å². The fourth-order valence-electron chi connectivity index (χ4n) is 1.56. The zero-order valence-electron chi connectivity index (χ0n) is 10.7. The highest BCUT2D eigenvalue weighted by molar-refractivity contribution is 4.91. The molecule has 4 nitrogen and oxygen atoms in total. The van der Waals surface area contributed by atoms with Gasteiger partial charge in [0.1, 0.15) is 5.82 Å². The molecule has 0 bridgehead atoms. The molecule has 0 fully saturated rings. The Kier molecular flexibility index (Phi) is 7.34. The fraction of sp³-hybridized carbons (Fsp3) is 0.615. The van der Waals surface area contributed by atoms with Crippen molar-refractivity contribution in [1.82, 2.24) is 14.9 Å². The van der Waals surface area contributed by atoms with Crippen molar-refractivity contribution >= 4 is 0 Å². The Hall–Kier alpha value is -1.13. The van der Waals surface area contributed by atoms with Crippen LogP contribution in [0.3, 0.4) is 0 Å². The molecular weight excluding hydrogens is 214 g/mol. The predicted octanol–water partition coefficient (Wildman–Crippen LogP) is 1.98. The van der Waals surface area contributed by atoms with E-state index in [2.05, 4.69) is 28.4 Å². The van der Waals surface area contributed by atoms with Gasteiger partial charge < -0.3 is 14.6 Å². The second kappa shape index (κ2) is 8.96. The van der Waals surface area contributed by atoms with Crippen molar-refractivity contribution < 1.29 is 4.74 Å². The second-order valence-electron chi connectivity index (χ2n) is 3.90. The molecule has 0 spiro atoms. The molecule has 0 aromatic carbocycles. The molecule has 0 aliphatic carbocycles. The van der Waals surface area contributed by atoms with Gasteiger partial charge in [-0.15, -0.1) is 6.58 Å². The average Bonchev–Trinajstić information content (AvgIpc) is 2.76. The highest BCUT2D eigenvalue weighted by Gasteiger charge is 2.00. The van der Waals surface area contributed by atoms with E-state index >= 15 is 0 Å². The summed E-state index contributed by atoms with van der Waals surface area (Å²) < 4.78 is 7.60. The molecule has 1 rings (SSSR count). The molecule has 0 atom stereocenters. The summed E-state index contributed by atoms with van der Waals surface area (Å²) in [6.45, 7) is 10.0. The summed E-state index contributed by atoms with van der Waals surface area (Å²) in [5.41, 5.74) is 0. The molecule has 1 aromatic rings. The van der Waals surface area contributed by atoms with Crippen molar-refractivity contribution in [3.63, 3.8) is 0 Å². The molecule has 0 unspecified atom stereocenters. The minimum atomic E-state index is 0.738. The summed E-state index contributed by atoms with van der Waals surface area (Å²) in [5, 5.41) is 3.33. The zero-order valence-corrected chi connectivity index (χ0v) is 10.7. The predicted molar refractivity (Wildman–Crippen MR) is 69.9 cm³/mol. The molecular formula is C13H23N3O. The molecule has 1 heterocycles. The first kappa shape index (κ1) is 13.9. The highest BCUT2D eigenvalue weighted by Crippen LogP contribution is 1.98. The van der Waals surface area contributed by atoms with Crippen molar-refractivity contribution in [3.05, 3.63) is 30.9 Å². The van der Waals surface area contributed by atoms with Crippen molar-refractivity contribution in [2.75, 3.05) is 19.8 Å². The number of aromatic nitrogens is 2. The second-order valence-corrected chi connectivity index (χ2v) is 3.90. The van der Waals surface area contributed by atoms with Crippen LogP contribution in [-0.2, 0) is 17.8 Å². The van der Waals surface area contributed by atoms with Crippen molar-refractivity contribution in [2.24, 2.45) is 0 Å². The normalized spacial score (nSPS) is 10.6. The number of nitrogens with zero attached hydrogens (tertiary/aromatic N) is 2. The lowest BCUT2D eigenvalue weighted by atomic mass is 10.4. The van der Waals surface area contributed by atoms with E-state index in [1.807, 2.05) is 18.5 Å². The lowest BCUT2D eigenvalue weighted by Crippen LogP contribution is -2.21. The van der Waals surface area contributed by atoms with Gasteiger partial charge in [0.2, 0.25) is 0 Å². The Morgan fingerprint density at radius 2 is 2.41 bits per heavy atom. The molecule has 96 valence electrons. The summed E-state index contributed by atoms with van der Waals surface area (Å²) >= 11 is 0. The first-order valence-corrected chi connectivity index (χ1v) is 6.27. The van der Waals surface area contributed by atoms with Gasteiger partial charge in [-0.2, -0.15) is 0 Å². The third-order valence-electron chi connectivity index (χ3n) is 2.44. The third-order valence-corrected chi connectivity index (χ3v) is 2.44. The van der Waals surface area contributed by atoms with E-state index in [1.165, 1.54) is 0 Å². The van der Waals surface area contributed by atoms with Gasteiger partial charge in [-0.1, -0.05) is 13.0 Å². The van der Waals surface area contributed by atoms with Crippen LogP contribution in [0.4, 0.5) is 0 Å². The number of imidazole rings is 1. The first-order valence-electron chi connectivity index (χ1n) is 6.27. The van der Waals surface area contributed by atoms with Gasteiger partial charge in [-0.25, -0.2) is 4.98 Å². The van der Waals surface area contributed by atoms with Crippen LogP contribution in [0.25, 0.3) is 0 Å². The summed E-state index contributed by atoms with van der Waals surface area (Å²) in [4.78, 5) is 4.33. The lowest BCUT2D eigenvalue weighted by Gasteiger charge is -2.08. The standard InChI is InChI=1S/C13H23N3O/c1-3-5-10-17-11-7-14-12-13-15-6-9-16(13)8-4-2/h3,6,9,14H,1,4-5,7-8,10-12H2,2H3. The summed E-state index contributed by atoms with van der Waals surface area (Å²) in [7, 11) is 0. The van der Waals surface area contributed by atoms with E-state index in [0.29, 0.717) is 0 Å². The molecule has 1 aromatic heterocycles. The van der Waals surface area contributed by atoms with Gasteiger partial charge >= 0.3 is 0 Å². The van der Waals surface area contributed by atoms with Gasteiger partial charge in [0, 0.05) is 25.5 Å². The van der Waals surface area contributed by atoms with Gasteiger partial charge in [0.25, 0.3) is 0 Å². The Morgan fingerprint density at radius 3 is 3.18 bits per heavy atom. The van der Waals surface area contributed by atoms with Crippen LogP contribution in [0.5, 0.6) is 0 Å². The summed E-state index contributed by atoms with van der Waals surface area (Å²) in [5.74, 6) is 1.10. The van der Waals surface area contributed by atoms with Gasteiger partial charge in [0.05, 0.1) is 19.8 Å². The largest absolute Gasteiger partial charge is 0.380 e. The molecule has 17 heavy (non-hydrogen) atoms. The number of rotatable bonds is 10. The van der Waals surface area contributed by atoms with Crippen molar-refractivity contribution in [2.45, 2.75) is 32.9 Å². The van der Waals surface area contributed by atoms with Crippen LogP contribution in [0, 0.1) is 0 Å². The maximum Gasteiger partial charge on any atom is 0.122 e. The van der Waals surface area contributed by atoms with Crippen molar-refractivity contribution in [3.8, 4) is 0 Å². The first-order chi connectivity index (χ1) is 8.38. The van der Waals surface area contributed by atoms with Crippen LogP contribution in [0.2, 0.25) is 0 Å². The van der Waals surface area contributed by atoms with E-state index < -0.39 is 0 Å². The van der Waals surface area contributed by atoms with Crippen LogP contribution >= 0.6 is 0 Å². The summed E-state index contributed by atoms with van der Waals surface area (Å²) in [6, 6.07) is 0. The molecule has 0 radical (unpaired) electrons. The SMILES string of the molecule is C=CCCOCCNCc1nccn1CCC. The molecule has 1 N–H and O–H groups in total. The monoisotopic (exact) mass is 237 g/mol. The number of hydrogen-bond acceptors (Lipinski definition) is 3. The maximum absolute atomic E-state index is 5.41. The topological polar surface area (TPSA) is 39.1 Å². The van der Waals surface area contributed by atoms with Gasteiger partial charge in [0.15, 0.2) is 0 Å². The molecule has 0 aliphatic heterocycles. The molecule has 0 aliphatic rings. The minimum absolute atomic E-state index is 0.738. The van der Waals surface area contributed by atoms with Gasteiger partial charge in [-0.05, 0) is 12.8 Å². The number of hydrogen-bond donors (Lipinski definition) is 1. The lowest BCUT2D eigenvalue weighted by molar-refractivity contribution is 0.140. The number of nitrogens with one attached hydrogen (secondary N) is 1. The Balaban J connectivity index is 2.09. The average molecular weight is 237 g/mol. The van der Waals surface area contributed by atoms with Crippen molar-refractivity contribution in [1.29, 1.82) is 0 Å². The third kappa shape index (κ3) is 5.65. The molecule has 0 amide bonds. The quantitative estimate of drug-likeness (QED) is 0.499. The fourth-order valence-corrected chi connectivity index (χ4v) is 1.56. The maximum atomic E-state index is 5.41. The highest BCUT2D eigenvalue weighted by atomic mass is 16.5. The smallest absolute Gasteiger partial charge is 0.122 e. The molecule has 0 saturated heterocycles. The van der Waals surface area contributed by atoms with E-state index in [4.69, 9.17) is 4.74 Å². The molecule has 0 saturated carbocycles. The number of aryl methyl sites for hydroxylation is 1. The van der Waals surface area contributed by atoms with E-state index in [0.717, 1.165) is 51.5 Å². The van der Waals surface area contributed by atoms with E-state index in [1.54, 1.807) is 0 Å². The van der Waals surface area contributed by atoms with Gasteiger partial charge in [-0.3, -0.25) is 0 Å². The Labute approximate surface area is 104 Å².